The van der Waals surface area contributed by atoms with Gasteiger partial charge in [-0.3, -0.25) is 10.1 Å². The van der Waals surface area contributed by atoms with Crippen molar-refractivity contribution in [3.05, 3.63) is 46.3 Å². The van der Waals surface area contributed by atoms with E-state index in [9.17, 15) is 14.9 Å². The van der Waals surface area contributed by atoms with Crippen LogP contribution in [0.4, 0.5) is 23.0 Å². The first kappa shape index (κ1) is 16.6. The van der Waals surface area contributed by atoms with Crippen LogP contribution in [-0.2, 0) is 0 Å². The largest absolute Gasteiger partial charge is 0.478 e. The third-order valence-electron chi connectivity index (χ3n) is 4.04. The van der Waals surface area contributed by atoms with E-state index in [0.717, 1.165) is 32.4 Å². The van der Waals surface area contributed by atoms with Crippen molar-refractivity contribution in [2.45, 2.75) is 19.3 Å². The van der Waals surface area contributed by atoms with E-state index >= 15 is 0 Å². The van der Waals surface area contributed by atoms with Crippen LogP contribution in [-0.4, -0.2) is 39.1 Å². The number of nitrogens with one attached hydrogen (secondary N) is 1. The van der Waals surface area contributed by atoms with Gasteiger partial charge < -0.3 is 15.3 Å². The molecule has 0 bridgehead atoms. The Hall–Kier alpha value is -3.23. The highest BCUT2D eigenvalue weighted by Gasteiger charge is 2.27. The molecule has 25 heavy (non-hydrogen) atoms. The zero-order valence-corrected chi connectivity index (χ0v) is 13.4. The molecule has 2 aromatic rings. The highest BCUT2D eigenvalue weighted by Crippen LogP contribution is 2.34. The van der Waals surface area contributed by atoms with Crippen LogP contribution < -0.4 is 10.2 Å². The van der Waals surface area contributed by atoms with Crippen molar-refractivity contribution in [1.29, 1.82) is 0 Å². The molecule has 1 fully saturated rings. The third kappa shape index (κ3) is 3.65. The molecular formula is C16H17N5O4. The molecule has 0 aliphatic carbocycles. The maximum absolute atomic E-state index is 11.6. The molecule has 130 valence electrons. The fraction of sp³-hybridized carbons (Fsp3) is 0.312. The summed E-state index contributed by atoms with van der Waals surface area (Å²) in [7, 11) is 0. The Kier molecular flexibility index (Phi) is 4.73. The summed E-state index contributed by atoms with van der Waals surface area (Å²) in [5, 5.41) is 23.4. The van der Waals surface area contributed by atoms with Crippen LogP contribution in [0.5, 0.6) is 0 Å². The molecule has 1 aliphatic rings. The lowest BCUT2D eigenvalue weighted by Crippen LogP contribution is -2.31. The summed E-state index contributed by atoms with van der Waals surface area (Å²) < 4.78 is 0. The smallest absolute Gasteiger partial charge is 0.353 e. The fourth-order valence-electron chi connectivity index (χ4n) is 2.80. The summed E-state index contributed by atoms with van der Waals surface area (Å²) in [5.41, 5.74) is 0.472. The predicted octanol–water partition coefficient (Wildman–Crippen LogP) is 2.82. The van der Waals surface area contributed by atoms with Crippen molar-refractivity contribution in [2.75, 3.05) is 23.3 Å². The lowest BCUT2D eigenvalue weighted by molar-refractivity contribution is -0.383. The van der Waals surface area contributed by atoms with E-state index in [0.29, 0.717) is 11.5 Å². The van der Waals surface area contributed by atoms with Gasteiger partial charge in [-0.1, -0.05) is 0 Å². The first-order valence-electron chi connectivity index (χ1n) is 7.91. The van der Waals surface area contributed by atoms with Crippen LogP contribution in [0.15, 0.2) is 30.6 Å². The van der Waals surface area contributed by atoms with Crippen molar-refractivity contribution < 1.29 is 14.8 Å². The van der Waals surface area contributed by atoms with Crippen molar-refractivity contribution in [3.8, 4) is 0 Å². The number of rotatable bonds is 5. The van der Waals surface area contributed by atoms with Gasteiger partial charge in [0.2, 0.25) is 11.6 Å². The number of carboxylic acid groups (broad SMARTS) is 1. The lowest BCUT2D eigenvalue weighted by atomic mass is 10.1. The lowest BCUT2D eigenvalue weighted by Gasteiger charge is -2.27. The van der Waals surface area contributed by atoms with Crippen molar-refractivity contribution in [1.82, 2.24) is 9.97 Å². The van der Waals surface area contributed by atoms with E-state index in [2.05, 4.69) is 15.3 Å². The first-order chi connectivity index (χ1) is 12.1. The fourth-order valence-corrected chi connectivity index (χ4v) is 2.80. The zero-order chi connectivity index (χ0) is 17.8. The molecule has 1 aliphatic heterocycles. The maximum Gasteiger partial charge on any atom is 0.353 e. The van der Waals surface area contributed by atoms with Gasteiger partial charge in [-0.15, -0.1) is 0 Å². The number of aromatic nitrogens is 2. The number of hydrogen-bond acceptors (Lipinski definition) is 7. The number of piperidine rings is 1. The minimum absolute atomic E-state index is 0.0867. The third-order valence-corrected chi connectivity index (χ3v) is 4.04. The van der Waals surface area contributed by atoms with E-state index in [1.54, 1.807) is 0 Å². The SMILES string of the molecule is O=C(O)c1ccc(Nc2ncnc(N3CCCCC3)c2[N+](=O)[O-])cc1. The highest BCUT2D eigenvalue weighted by molar-refractivity contribution is 5.88. The number of nitrogens with zero attached hydrogens (tertiary/aromatic N) is 4. The topological polar surface area (TPSA) is 121 Å². The van der Waals surface area contributed by atoms with Gasteiger partial charge in [0, 0.05) is 18.8 Å². The second-order valence-electron chi connectivity index (χ2n) is 5.71. The Balaban J connectivity index is 1.92. The molecule has 0 saturated carbocycles. The number of aromatic carboxylic acids is 1. The normalized spacial score (nSPS) is 14.2. The molecule has 1 aromatic carbocycles. The molecule has 2 N–H and O–H groups in total. The standard InChI is InChI=1S/C16H17N5O4/c22-16(23)11-4-6-12(7-5-11)19-14-13(21(24)25)15(18-10-17-14)20-8-2-1-3-9-20/h4-7,10H,1-3,8-9H2,(H,22,23)(H,17,18,19). The molecule has 3 rings (SSSR count). The summed E-state index contributed by atoms with van der Waals surface area (Å²) in [6, 6.07) is 5.91. The first-order valence-corrected chi connectivity index (χ1v) is 7.91. The Morgan fingerprint density at radius 2 is 1.84 bits per heavy atom. The Morgan fingerprint density at radius 1 is 1.16 bits per heavy atom. The summed E-state index contributed by atoms with van der Waals surface area (Å²) in [6.07, 6.45) is 4.35. The molecule has 0 amide bonds. The van der Waals surface area contributed by atoms with Crippen LogP contribution in [0.2, 0.25) is 0 Å². The van der Waals surface area contributed by atoms with Gasteiger partial charge in [0.1, 0.15) is 6.33 Å². The molecule has 0 radical (unpaired) electrons. The zero-order valence-electron chi connectivity index (χ0n) is 13.4. The van der Waals surface area contributed by atoms with Gasteiger partial charge in [-0.05, 0) is 43.5 Å². The minimum atomic E-state index is -1.04. The molecule has 9 nitrogen and oxygen atoms in total. The van der Waals surface area contributed by atoms with E-state index < -0.39 is 10.9 Å². The Morgan fingerprint density at radius 3 is 2.44 bits per heavy atom. The van der Waals surface area contributed by atoms with Crippen molar-refractivity contribution >= 4 is 29.0 Å². The molecule has 1 aromatic heterocycles. The quantitative estimate of drug-likeness (QED) is 0.628. The van der Waals surface area contributed by atoms with Crippen LogP contribution in [0, 0.1) is 10.1 Å². The van der Waals surface area contributed by atoms with E-state index in [-0.39, 0.29) is 17.1 Å². The van der Waals surface area contributed by atoms with Gasteiger partial charge >= 0.3 is 11.7 Å². The van der Waals surface area contributed by atoms with Crippen LogP contribution in [0.3, 0.4) is 0 Å². The molecule has 0 unspecified atom stereocenters. The Labute approximate surface area is 143 Å². The van der Waals surface area contributed by atoms with Gasteiger partial charge in [0.25, 0.3) is 0 Å². The minimum Gasteiger partial charge on any atom is -0.478 e. The molecule has 2 heterocycles. The summed E-state index contributed by atoms with van der Waals surface area (Å²) in [5.74, 6) is -0.639. The maximum atomic E-state index is 11.6. The molecule has 9 heteroatoms. The van der Waals surface area contributed by atoms with Gasteiger partial charge in [0.15, 0.2) is 0 Å². The van der Waals surface area contributed by atoms with E-state index in [1.807, 2.05) is 4.90 Å². The van der Waals surface area contributed by atoms with E-state index in [4.69, 9.17) is 5.11 Å². The Bertz CT molecular complexity index is 788. The molecular weight excluding hydrogens is 326 g/mol. The summed E-state index contributed by atoms with van der Waals surface area (Å²) >= 11 is 0. The highest BCUT2D eigenvalue weighted by atomic mass is 16.6. The van der Waals surface area contributed by atoms with Crippen LogP contribution in [0.25, 0.3) is 0 Å². The summed E-state index contributed by atoms with van der Waals surface area (Å²) in [6.45, 7) is 1.45. The van der Waals surface area contributed by atoms with Crippen LogP contribution in [0.1, 0.15) is 29.6 Å². The van der Waals surface area contributed by atoms with Gasteiger partial charge in [-0.25, -0.2) is 14.8 Å². The predicted molar refractivity (Wildman–Crippen MR) is 91.4 cm³/mol. The van der Waals surface area contributed by atoms with Crippen LogP contribution >= 0.6 is 0 Å². The number of nitro groups is 1. The average Bonchev–Trinajstić information content (AvgIpc) is 2.62. The average molecular weight is 343 g/mol. The number of benzene rings is 1. The second kappa shape index (κ2) is 7.12. The number of carboxylic acids is 1. The van der Waals surface area contributed by atoms with Gasteiger partial charge in [0.05, 0.1) is 10.5 Å². The van der Waals surface area contributed by atoms with E-state index in [1.165, 1.54) is 30.6 Å². The molecule has 0 spiro atoms. The molecule has 0 atom stereocenters. The number of hydrogen-bond donors (Lipinski definition) is 2. The number of carbonyl (C=O) groups is 1. The second-order valence-corrected chi connectivity index (χ2v) is 5.71. The number of anilines is 3. The van der Waals surface area contributed by atoms with Crippen molar-refractivity contribution in [2.24, 2.45) is 0 Å². The summed E-state index contributed by atoms with van der Waals surface area (Å²) in [4.78, 5) is 32.0. The van der Waals surface area contributed by atoms with Crippen molar-refractivity contribution in [3.63, 3.8) is 0 Å². The monoisotopic (exact) mass is 343 g/mol. The molecule has 1 saturated heterocycles. The van der Waals surface area contributed by atoms with Gasteiger partial charge in [-0.2, -0.15) is 0 Å².